The smallest absolute Gasteiger partial charge is 0.185 e. The highest BCUT2D eigenvalue weighted by molar-refractivity contribution is 7.90. The fraction of sp³-hybridized carbons (Fsp3) is 0.286. The van der Waals surface area contributed by atoms with E-state index in [0.717, 1.165) is 11.3 Å². The fourth-order valence-corrected chi connectivity index (χ4v) is 3.47. The molecule has 4 nitrogen and oxygen atoms in total. The third-order valence-corrected chi connectivity index (χ3v) is 4.62. The minimum Gasteiger partial charge on any atom is -0.464 e. The van der Waals surface area contributed by atoms with Crippen molar-refractivity contribution in [2.75, 3.05) is 7.05 Å². The third-order valence-electron chi connectivity index (χ3n) is 2.83. The van der Waals surface area contributed by atoms with Crippen LogP contribution in [0.5, 0.6) is 0 Å². The molecule has 0 fully saturated rings. The number of furan rings is 1. The molecule has 102 valence electrons. The molecule has 0 aliphatic rings. The summed E-state index contributed by atoms with van der Waals surface area (Å²) in [5.74, 6) is 1.09. The van der Waals surface area contributed by atoms with Crippen LogP contribution in [0, 0.1) is 6.92 Å². The van der Waals surface area contributed by atoms with E-state index in [-0.39, 0.29) is 5.75 Å². The molecule has 1 aromatic carbocycles. The van der Waals surface area contributed by atoms with Gasteiger partial charge in [0.1, 0.15) is 17.3 Å². The molecule has 0 radical (unpaired) electrons. The number of hydrogen-bond donors (Lipinski definition) is 1. The van der Waals surface area contributed by atoms with Crippen LogP contribution in [0.4, 0.5) is 0 Å². The second kappa shape index (κ2) is 5.59. The van der Waals surface area contributed by atoms with Crippen LogP contribution in [0.2, 0.25) is 0 Å². The van der Waals surface area contributed by atoms with E-state index in [4.69, 9.17) is 4.42 Å². The molecule has 0 aliphatic carbocycles. The summed E-state index contributed by atoms with van der Waals surface area (Å²) in [6, 6.07) is 10.5. The number of hydrogen-bond acceptors (Lipinski definition) is 4. The van der Waals surface area contributed by atoms with Crippen molar-refractivity contribution < 1.29 is 12.8 Å². The van der Waals surface area contributed by atoms with Crippen LogP contribution in [0.15, 0.2) is 45.7 Å². The molecule has 0 aliphatic heterocycles. The van der Waals surface area contributed by atoms with Gasteiger partial charge in [0.05, 0.1) is 11.4 Å². The third kappa shape index (κ3) is 3.24. The van der Waals surface area contributed by atoms with Gasteiger partial charge in [-0.05, 0) is 37.7 Å². The van der Waals surface area contributed by atoms with Gasteiger partial charge >= 0.3 is 0 Å². The van der Waals surface area contributed by atoms with E-state index in [1.165, 1.54) is 0 Å². The molecule has 5 heteroatoms. The topological polar surface area (TPSA) is 59.3 Å². The average Bonchev–Trinajstić information content (AvgIpc) is 2.76. The van der Waals surface area contributed by atoms with E-state index in [2.05, 4.69) is 5.32 Å². The SMILES string of the molecule is CNCc1ccc(CS(=O)(=O)c2ccccc2C)o1. The summed E-state index contributed by atoms with van der Waals surface area (Å²) in [7, 11) is -1.55. The summed E-state index contributed by atoms with van der Waals surface area (Å²) in [6.07, 6.45) is 0. The molecule has 1 heterocycles. The number of benzene rings is 1. The Kier molecular flexibility index (Phi) is 4.07. The first kappa shape index (κ1) is 13.8. The fourth-order valence-electron chi connectivity index (χ4n) is 1.94. The van der Waals surface area contributed by atoms with E-state index in [9.17, 15) is 8.42 Å². The predicted molar refractivity (Wildman–Crippen MR) is 73.5 cm³/mol. The number of sulfone groups is 1. The number of rotatable bonds is 5. The summed E-state index contributed by atoms with van der Waals surface area (Å²) < 4.78 is 30.1. The maximum atomic E-state index is 12.3. The summed E-state index contributed by atoms with van der Waals surface area (Å²) in [5.41, 5.74) is 0.754. The lowest BCUT2D eigenvalue weighted by Crippen LogP contribution is -2.06. The molecular formula is C14H17NO3S. The van der Waals surface area contributed by atoms with Crippen molar-refractivity contribution in [1.29, 1.82) is 0 Å². The van der Waals surface area contributed by atoms with Gasteiger partial charge in [-0.3, -0.25) is 0 Å². The molecule has 0 spiro atoms. The van der Waals surface area contributed by atoms with Crippen molar-refractivity contribution in [2.45, 2.75) is 24.1 Å². The van der Waals surface area contributed by atoms with Gasteiger partial charge in [0, 0.05) is 0 Å². The van der Waals surface area contributed by atoms with Crippen LogP contribution in [0.1, 0.15) is 17.1 Å². The van der Waals surface area contributed by atoms with E-state index < -0.39 is 9.84 Å². The van der Waals surface area contributed by atoms with E-state index in [1.54, 1.807) is 37.3 Å². The highest BCUT2D eigenvalue weighted by Gasteiger charge is 2.19. The van der Waals surface area contributed by atoms with Crippen molar-refractivity contribution in [3.63, 3.8) is 0 Å². The molecule has 0 saturated carbocycles. The van der Waals surface area contributed by atoms with E-state index in [1.807, 2.05) is 13.1 Å². The zero-order valence-corrected chi connectivity index (χ0v) is 11.8. The first-order valence-electron chi connectivity index (χ1n) is 6.03. The van der Waals surface area contributed by atoms with E-state index >= 15 is 0 Å². The van der Waals surface area contributed by atoms with Gasteiger partial charge in [-0.15, -0.1) is 0 Å². The van der Waals surface area contributed by atoms with Gasteiger partial charge in [0.2, 0.25) is 0 Å². The molecule has 2 aromatic rings. The summed E-state index contributed by atoms with van der Waals surface area (Å²) in [6.45, 7) is 2.38. The Bertz CT molecular complexity index is 659. The number of nitrogens with one attached hydrogen (secondary N) is 1. The van der Waals surface area contributed by atoms with Crippen molar-refractivity contribution in [3.05, 3.63) is 53.5 Å². The first-order chi connectivity index (χ1) is 9.03. The molecule has 2 rings (SSSR count). The molecule has 0 bridgehead atoms. The standard InChI is InChI=1S/C14H17NO3S/c1-11-5-3-4-6-14(11)19(16,17)10-13-8-7-12(18-13)9-15-2/h3-8,15H,9-10H2,1-2H3. The highest BCUT2D eigenvalue weighted by atomic mass is 32.2. The maximum Gasteiger partial charge on any atom is 0.185 e. The zero-order chi connectivity index (χ0) is 13.9. The summed E-state index contributed by atoms with van der Waals surface area (Å²) >= 11 is 0. The van der Waals surface area contributed by atoms with Gasteiger partial charge in [-0.1, -0.05) is 18.2 Å². The predicted octanol–water partition coefficient (Wildman–Crippen LogP) is 2.28. The van der Waals surface area contributed by atoms with Gasteiger partial charge in [0.15, 0.2) is 9.84 Å². The van der Waals surface area contributed by atoms with Crippen LogP contribution >= 0.6 is 0 Å². The minimum absolute atomic E-state index is 0.110. The quantitative estimate of drug-likeness (QED) is 0.912. The van der Waals surface area contributed by atoms with Crippen LogP contribution in [-0.4, -0.2) is 15.5 Å². The Hall–Kier alpha value is -1.59. The first-order valence-corrected chi connectivity index (χ1v) is 7.69. The second-order valence-corrected chi connectivity index (χ2v) is 6.38. The Labute approximate surface area is 113 Å². The minimum atomic E-state index is -3.36. The lowest BCUT2D eigenvalue weighted by molar-refractivity contribution is 0.465. The van der Waals surface area contributed by atoms with Crippen LogP contribution in [-0.2, 0) is 22.1 Å². The molecule has 19 heavy (non-hydrogen) atoms. The molecule has 0 atom stereocenters. The highest BCUT2D eigenvalue weighted by Crippen LogP contribution is 2.21. The van der Waals surface area contributed by atoms with E-state index in [0.29, 0.717) is 17.2 Å². The maximum absolute atomic E-state index is 12.3. The largest absolute Gasteiger partial charge is 0.464 e. The van der Waals surface area contributed by atoms with Gasteiger partial charge < -0.3 is 9.73 Å². The molecule has 1 N–H and O–H groups in total. The lowest BCUT2D eigenvalue weighted by Gasteiger charge is -2.05. The molecule has 0 amide bonds. The lowest BCUT2D eigenvalue weighted by atomic mass is 10.2. The van der Waals surface area contributed by atoms with Crippen molar-refractivity contribution >= 4 is 9.84 Å². The Balaban J connectivity index is 2.24. The van der Waals surface area contributed by atoms with Gasteiger partial charge in [-0.25, -0.2) is 8.42 Å². The zero-order valence-electron chi connectivity index (χ0n) is 11.0. The van der Waals surface area contributed by atoms with Crippen molar-refractivity contribution in [2.24, 2.45) is 0 Å². The van der Waals surface area contributed by atoms with Crippen LogP contribution < -0.4 is 5.32 Å². The van der Waals surface area contributed by atoms with Crippen molar-refractivity contribution in [3.8, 4) is 0 Å². The van der Waals surface area contributed by atoms with Crippen LogP contribution in [0.3, 0.4) is 0 Å². The average molecular weight is 279 g/mol. The van der Waals surface area contributed by atoms with Crippen LogP contribution in [0.25, 0.3) is 0 Å². The summed E-state index contributed by atoms with van der Waals surface area (Å²) in [5, 5.41) is 2.96. The Morgan fingerprint density at radius 3 is 2.47 bits per heavy atom. The van der Waals surface area contributed by atoms with Gasteiger partial charge in [-0.2, -0.15) is 0 Å². The Morgan fingerprint density at radius 2 is 1.79 bits per heavy atom. The monoisotopic (exact) mass is 279 g/mol. The second-order valence-electron chi connectivity index (χ2n) is 4.42. The number of aryl methyl sites for hydroxylation is 1. The molecule has 1 aromatic heterocycles. The van der Waals surface area contributed by atoms with Gasteiger partial charge in [0.25, 0.3) is 0 Å². The molecule has 0 unspecified atom stereocenters. The summed E-state index contributed by atoms with van der Waals surface area (Å²) in [4.78, 5) is 0.363. The Morgan fingerprint density at radius 1 is 1.11 bits per heavy atom. The normalized spacial score (nSPS) is 11.7. The molecule has 0 saturated heterocycles. The van der Waals surface area contributed by atoms with Crippen molar-refractivity contribution in [1.82, 2.24) is 5.32 Å². The molecular weight excluding hydrogens is 262 g/mol.